The number of nitrogens with zero attached hydrogens (tertiary/aromatic N) is 2. The first kappa shape index (κ1) is 19.7. The molecule has 0 radical (unpaired) electrons. The second-order valence-electron chi connectivity index (χ2n) is 6.06. The highest BCUT2D eigenvalue weighted by Crippen LogP contribution is 2.17. The third-order valence-electron chi connectivity index (χ3n) is 4.01. The van der Waals surface area contributed by atoms with Crippen LogP contribution in [0.1, 0.15) is 15.9 Å². The summed E-state index contributed by atoms with van der Waals surface area (Å²) in [6.45, 7) is 0.993. The van der Waals surface area contributed by atoms with Gasteiger partial charge >= 0.3 is 0 Å². The normalized spacial score (nSPS) is 9.93. The van der Waals surface area contributed by atoms with E-state index in [1.807, 2.05) is 30.3 Å². The van der Waals surface area contributed by atoms with Gasteiger partial charge in [0.05, 0.1) is 30.0 Å². The van der Waals surface area contributed by atoms with E-state index in [1.165, 1.54) is 6.20 Å². The second-order valence-corrected chi connectivity index (χ2v) is 6.06. The molecule has 7 nitrogen and oxygen atoms in total. The molecule has 2 N–H and O–H groups in total. The van der Waals surface area contributed by atoms with Gasteiger partial charge in [-0.05, 0) is 48.5 Å². The van der Waals surface area contributed by atoms with E-state index >= 15 is 0 Å². The SMILES string of the molecule is COc1ccc(OCCNc2cncc(C(=O)Nc3cccc(C#N)c3)c2)cc1. The first-order valence-corrected chi connectivity index (χ1v) is 8.95. The number of amides is 1. The maximum atomic E-state index is 12.4. The molecule has 0 fully saturated rings. The molecular weight excluding hydrogens is 368 g/mol. The fourth-order valence-corrected chi connectivity index (χ4v) is 2.57. The minimum Gasteiger partial charge on any atom is -0.497 e. The lowest BCUT2D eigenvalue weighted by Gasteiger charge is -2.10. The molecule has 0 unspecified atom stereocenters. The predicted octanol–water partition coefficient (Wildman–Crippen LogP) is 3.71. The van der Waals surface area contributed by atoms with Crippen molar-refractivity contribution in [2.45, 2.75) is 0 Å². The number of ether oxygens (including phenoxy) is 2. The molecule has 0 saturated heterocycles. The number of nitriles is 1. The predicted molar refractivity (Wildman–Crippen MR) is 110 cm³/mol. The summed E-state index contributed by atoms with van der Waals surface area (Å²) in [7, 11) is 1.62. The summed E-state index contributed by atoms with van der Waals surface area (Å²) in [5.74, 6) is 1.22. The first-order chi connectivity index (χ1) is 14.2. The van der Waals surface area contributed by atoms with Crippen LogP contribution in [0.5, 0.6) is 11.5 Å². The maximum Gasteiger partial charge on any atom is 0.257 e. The maximum absolute atomic E-state index is 12.4. The van der Waals surface area contributed by atoms with Gasteiger partial charge in [0.1, 0.15) is 18.1 Å². The Morgan fingerprint density at radius 3 is 2.62 bits per heavy atom. The van der Waals surface area contributed by atoms with Crippen molar-refractivity contribution < 1.29 is 14.3 Å². The number of benzene rings is 2. The van der Waals surface area contributed by atoms with Gasteiger partial charge in [0.2, 0.25) is 0 Å². The summed E-state index contributed by atoms with van der Waals surface area (Å²) in [6, 6.07) is 17.8. The Balaban J connectivity index is 1.52. The van der Waals surface area contributed by atoms with Gasteiger partial charge in [-0.15, -0.1) is 0 Å². The summed E-state index contributed by atoms with van der Waals surface area (Å²) in [6.07, 6.45) is 3.13. The summed E-state index contributed by atoms with van der Waals surface area (Å²) < 4.78 is 10.8. The van der Waals surface area contributed by atoms with Crippen LogP contribution >= 0.6 is 0 Å². The lowest BCUT2D eigenvalue weighted by atomic mass is 10.2. The average molecular weight is 388 g/mol. The fraction of sp³-hybridized carbons (Fsp3) is 0.136. The van der Waals surface area contributed by atoms with E-state index in [-0.39, 0.29) is 5.91 Å². The summed E-state index contributed by atoms with van der Waals surface area (Å²) >= 11 is 0. The summed E-state index contributed by atoms with van der Waals surface area (Å²) in [4.78, 5) is 16.5. The van der Waals surface area contributed by atoms with Gasteiger partial charge in [-0.3, -0.25) is 9.78 Å². The number of hydrogen-bond donors (Lipinski definition) is 2. The van der Waals surface area contributed by atoms with E-state index < -0.39 is 0 Å². The zero-order valence-corrected chi connectivity index (χ0v) is 15.9. The highest BCUT2D eigenvalue weighted by Gasteiger charge is 2.08. The van der Waals surface area contributed by atoms with Crippen LogP contribution in [0.3, 0.4) is 0 Å². The molecule has 2 aromatic carbocycles. The van der Waals surface area contributed by atoms with Crippen molar-refractivity contribution >= 4 is 17.3 Å². The first-order valence-electron chi connectivity index (χ1n) is 8.95. The van der Waals surface area contributed by atoms with Crippen molar-refractivity contribution in [3.8, 4) is 17.6 Å². The Morgan fingerprint density at radius 2 is 1.86 bits per heavy atom. The van der Waals surface area contributed by atoms with Crippen molar-refractivity contribution in [1.82, 2.24) is 4.98 Å². The quantitative estimate of drug-likeness (QED) is 0.571. The van der Waals surface area contributed by atoms with E-state index in [2.05, 4.69) is 15.6 Å². The Labute approximate surface area is 168 Å². The van der Waals surface area contributed by atoms with Crippen molar-refractivity contribution in [2.24, 2.45) is 0 Å². The number of nitrogens with one attached hydrogen (secondary N) is 2. The third kappa shape index (κ3) is 5.71. The van der Waals surface area contributed by atoms with Crippen LogP contribution in [0.15, 0.2) is 67.0 Å². The molecule has 1 aromatic heterocycles. The number of hydrogen-bond acceptors (Lipinski definition) is 6. The highest BCUT2D eigenvalue weighted by molar-refractivity contribution is 6.04. The van der Waals surface area contributed by atoms with Crippen LogP contribution < -0.4 is 20.1 Å². The number of anilines is 2. The van der Waals surface area contributed by atoms with Gasteiger partial charge in [0.25, 0.3) is 5.91 Å². The monoisotopic (exact) mass is 388 g/mol. The van der Waals surface area contributed by atoms with E-state index in [1.54, 1.807) is 43.6 Å². The van der Waals surface area contributed by atoms with Crippen molar-refractivity contribution in [2.75, 3.05) is 30.9 Å². The van der Waals surface area contributed by atoms with Crippen molar-refractivity contribution in [3.63, 3.8) is 0 Å². The molecule has 0 aliphatic rings. The van der Waals surface area contributed by atoms with Crippen LogP contribution in [0.2, 0.25) is 0 Å². The molecule has 0 saturated carbocycles. The van der Waals surface area contributed by atoms with Gasteiger partial charge < -0.3 is 20.1 Å². The lowest BCUT2D eigenvalue weighted by Crippen LogP contribution is -2.14. The number of rotatable bonds is 8. The van der Waals surface area contributed by atoms with Crippen LogP contribution in [0.25, 0.3) is 0 Å². The molecular formula is C22H20N4O3. The Bertz CT molecular complexity index is 1010. The average Bonchev–Trinajstić information content (AvgIpc) is 2.77. The minimum atomic E-state index is -0.300. The second kappa shape index (κ2) is 9.76. The molecule has 0 spiro atoms. The fourth-order valence-electron chi connectivity index (χ4n) is 2.57. The van der Waals surface area contributed by atoms with Gasteiger partial charge in [0, 0.05) is 24.6 Å². The smallest absolute Gasteiger partial charge is 0.257 e. The minimum absolute atomic E-state index is 0.300. The molecule has 7 heteroatoms. The van der Waals surface area contributed by atoms with Crippen molar-refractivity contribution in [3.05, 3.63) is 78.1 Å². The Kier molecular flexibility index (Phi) is 6.63. The van der Waals surface area contributed by atoms with Gasteiger partial charge in [-0.1, -0.05) is 6.07 Å². The molecule has 3 aromatic rings. The van der Waals surface area contributed by atoms with E-state index in [0.29, 0.717) is 35.7 Å². The van der Waals surface area contributed by atoms with Crippen LogP contribution in [-0.2, 0) is 0 Å². The molecule has 0 bridgehead atoms. The number of carbonyl (C=O) groups excluding carboxylic acids is 1. The third-order valence-corrected chi connectivity index (χ3v) is 4.01. The number of pyridine rings is 1. The van der Waals surface area contributed by atoms with Crippen LogP contribution in [0.4, 0.5) is 11.4 Å². The number of carbonyl (C=O) groups is 1. The van der Waals surface area contributed by atoms with Crippen LogP contribution in [0, 0.1) is 11.3 Å². The zero-order chi connectivity index (χ0) is 20.5. The van der Waals surface area contributed by atoms with Gasteiger partial charge in [0.15, 0.2) is 0 Å². The van der Waals surface area contributed by atoms with Crippen molar-refractivity contribution in [1.29, 1.82) is 5.26 Å². The molecule has 29 heavy (non-hydrogen) atoms. The highest BCUT2D eigenvalue weighted by atomic mass is 16.5. The molecule has 146 valence electrons. The molecule has 0 atom stereocenters. The molecule has 3 rings (SSSR count). The molecule has 0 aliphatic carbocycles. The Hall–Kier alpha value is -4.05. The van der Waals surface area contributed by atoms with E-state index in [9.17, 15) is 4.79 Å². The topological polar surface area (TPSA) is 96.3 Å². The van der Waals surface area contributed by atoms with Gasteiger partial charge in [-0.25, -0.2) is 0 Å². The molecule has 1 amide bonds. The standard InChI is InChI=1S/C22H20N4O3/c1-28-20-5-7-21(8-6-20)29-10-9-25-19-12-17(14-24-15-19)22(27)26-18-4-2-3-16(11-18)13-23/h2-8,11-12,14-15,25H,9-10H2,1H3,(H,26,27). The number of methoxy groups -OCH3 is 1. The Morgan fingerprint density at radius 1 is 1.07 bits per heavy atom. The zero-order valence-electron chi connectivity index (χ0n) is 15.9. The van der Waals surface area contributed by atoms with E-state index in [4.69, 9.17) is 14.7 Å². The summed E-state index contributed by atoms with van der Waals surface area (Å²) in [5.41, 5.74) is 2.16. The molecule has 1 heterocycles. The number of aromatic nitrogens is 1. The van der Waals surface area contributed by atoms with Crippen LogP contribution in [-0.4, -0.2) is 31.2 Å². The van der Waals surface area contributed by atoms with Gasteiger partial charge in [-0.2, -0.15) is 5.26 Å². The largest absolute Gasteiger partial charge is 0.497 e. The lowest BCUT2D eigenvalue weighted by molar-refractivity contribution is 0.102. The van der Waals surface area contributed by atoms with E-state index in [0.717, 1.165) is 11.5 Å². The molecule has 0 aliphatic heterocycles. The summed E-state index contributed by atoms with van der Waals surface area (Å²) in [5, 5.41) is 14.9.